The molecule has 4 rings (SSSR count). The Morgan fingerprint density at radius 1 is 0.968 bits per heavy atom. The number of rotatable bonds is 5. The summed E-state index contributed by atoms with van der Waals surface area (Å²) >= 11 is 0. The molecule has 0 N–H and O–H groups in total. The molecule has 0 aliphatic carbocycles. The molecule has 2 fully saturated rings. The first kappa shape index (κ1) is 22.2. The quantitative estimate of drug-likeness (QED) is 0.699. The lowest BCUT2D eigenvalue weighted by atomic mass is 9.85. The smallest absolute Gasteiger partial charge is 0.243 e. The highest BCUT2D eigenvalue weighted by molar-refractivity contribution is 7.89. The molecule has 168 valence electrons. The van der Waals surface area contributed by atoms with Crippen molar-refractivity contribution in [3.63, 3.8) is 0 Å². The van der Waals surface area contributed by atoms with E-state index in [4.69, 9.17) is 0 Å². The first-order chi connectivity index (χ1) is 14.7. The van der Waals surface area contributed by atoms with Crippen LogP contribution in [-0.4, -0.2) is 56.9 Å². The van der Waals surface area contributed by atoms with Gasteiger partial charge in [0.15, 0.2) is 0 Å². The molecule has 2 aliphatic rings. The van der Waals surface area contributed by atoms with E-state index >= 15 is 0 Å². The fourth-order valence-corrected chi connectivity index (χ4v) is 6.34. The zero-order valence-corrected chi connectivity index (χ0v) is 19.2. The van der Waals surface area contributed by atoms with E-state index in [-0.39, 0.29) is 11.2 Å². The highest BCUT2D eigenvalue weighted by atomic mass is 32.2. The summed E-state index contributed by atoms with van der Waals surface area (Å²) in [6, 6.07) is 14.0. The second-order valence-electron chi connectivity index (χ2n) is 9.49. The van der Waals surface area contributed by atoms with E-state index < -0.39 is 10.0 Å². The van der Waals surface area contributed by atoms with E-state index in [9.17, 15) is 12.8 Å². The third-order valence-corrected chi connectivity index (χ3v) is 8.21. The maximum atomic E-state index is 13.2. The standard InChI is InChI=1S/C24H32FN3O2S/c1-24(2)11-4-12-28(19-24)31(29,30)23-6-3-5-20(17-23)18-26-13-15-27(16-14-26)22-9-7-21(25)8-10-22/h3,5-10,17H,4,11-16,18-19H2,1-2H3. The van der Waals surface area contributed by atoms with Gasteiger partial charge < -0.3 is 4.90 Å². The van der Waals surface area contributed by atoms with Crippen molar-refractivity contribution in [2.45, 2.75) is 38.1 Å². The van der Waals surface area contributed by atoms with Crippen molar-refractivity contribution in [2.75, 3.05) is 44.2 Å². The Morgan fingerprint density at radius 2 is 1.68 bits per heavy atom. The summed E-state index contributed by atoms with van der Waals surface area (Å²) in [4.78, 5) is 5.00. The fourth-order valence-electron chi connectivity index (χ4n) is 4.60. The summed E-state index contributed by atoms with van der Waals surface area (Å²) in [6.45, 7) is 9.67. The van der Waals surface area contributed by atoms with Crippen LogP contribution in [0.5, 0.6) is 0 Å². The fraction of sp³-hybridized carbons (Fsp3) is 0.500. The summed E-state index contributed by atoms with van der Waals surface area (Å²) in [6.07, 6.45) is 1.97. The minimum atomic E-state index is -3.47. The van der Waals surface area contributed by atoms with Crippen LogP contribution in [0.25, 0.3) is 0 Å². The number of piperazine rings is 1. The monoisotopic (exact) mass is 445 g/mol. The summed E-state index contributed by atoms with van der Waals surface area (Å²) in [5, 5.41) is 0. The third-order valence-electron chi connectivity index (χ3n) is 6.37. The minimum absolute atomic E-state index is 0.0210. The van der Waals surface area contributed by atoms with Gasteiger partial charge >= 0.3 is 0 Å². The molecule has 0 saturated carbocycles. The molecular weight excluding hydrogens is 413 g/mol. The van der Waals surface area contributed by atoms with E-state index in [1.807, 2.05) is 30.3 Å². The highest BCUT2D eigenvalue weighted by Gasteiger charge is 2.34. The van der Waals surface area contributed by atoms with E-state index in [1.54, 1.807) is 10.4 Å². The molecule has 2 saturated heterocycles. The number of piperidine rings is 1. The van der Waals surface area contributed by atoms with Gasteiger partial charge in [0, 0.05) is 51.5 Å². The molecule has 2 aliphatic heterocycles. The molecule has 2 heterocycles. The van der Waals surface area contributed by atoms with Crippen molar-refractivity contribution in [3.05, 3.63) is 59.9 Å². The normalized spacial score (nSPS) is 20.7. The first-order valence-electron chi connectivity index (χ1n) is 11.0. The van der Waals surface area contributed by atoms with Crippen LogP contribution < -0.4 is 4.90 Å². The van der Waals surface area contributed by atoms with Gasteiger partial charge in [0.1, 0.15) is 5.82 Å². The Bertz CT molecular complexity index is 1000. The van der Waals surface area contributed by atoms with Crippen LogP contribution in [0, 0.1) is 11.2 Å². The molecule has 0 radical (unpaired) electrons. The molecule has 2 aromatic carbocycles. The highest BCUT2D eigenvalue weighted by Crippen LogP contribution is 2.32. The van der Waals surface area contributed by atoms with Crippen LogP contribution >= 0.6 is 0 Å². The van der Waals surface area contributed by atoms with Crippen molar-refractivity contribution in [3.8, 4) is 0 Å². The summed E-state index contributed by atoms with van der Waals surface area (Å²) in [5.41, 5.74) is 2.08. The molecular formula is C24H32FN3O2S. The molecule has 0 bridgehead atoms. The molecule has 0 atom stereocenters. The van der Waals surface area contributed by atoms with E-state index in [0.717, 1.165) is 56.8 Å². The minimum Gasteiger partial charge on any atom is -0.369 e. The molecule has 2 aromatic rings. The van der Waals surface area contributed by atoms with Crippen LogP contribution in [0.15, 0.2) is 53.4 Å². The van der Waals surface area contributed by atoms with Crippen molar-refractivity contribution in [1.29, 1.82) is 0 Å². The predicted octanol–water partition coefficient (Wildman–Crippen LogP) is 3.96. The topological polar surface area (TPSA) is 43.9 Å². The van der Waals surface area contributed by atoms with Gasteiger partial charge in [-0.3, -0.25) is 4.90 Å². The molecule has 0 aromatic heterocycles. The molecule has 0 unspecified atom stereocenters. The van der Waals surface area contributed by atoms with Gasteiger partial charge in [0.2, 0.25) is 10.0 Å². The van der Waals surface area contributed by atoms with Gasteiger partial charge in [-0.05, 0) is 60.2 Å². The average molecular weight is 446 g/mol. The van der Waals surface area contributed by atoms with Gasteiger partial charge in [0.25, 0.3) is 0 Å². The molecule has 0 amide bonds. The summed E-state index contributed by atoms with van der Waals surface area (Å²) in [7, 11) is -3.47. The lowest BCUT2D eigenvalue weighted by Crippen LogP contribution is -2.46. The van der Waals surface area contributed by atoms with Gasteiger partial charge in [-0.25, -0.2) is 12.8 Å². The third kappa shape index (κ3) is 5.27. The number of sulfonamides is 1. The Kier molecular flexibility index (Phi) is 6.37. The average Bonchev–Trinajstić information content (AvgIpc) is 2.74. The maximum absolute atomic E-state index is 13.2. The summed E-state index contributed by atoms with van der Waals surface area (Å²) in [5.74, 6) is -0.217. The number of halogens is 1. The second-order valence-corrected chi connectivity index (χ2v) is 11.4. The van der Waals surface area contributed by atoms with Crippen molar-refractivity contribution in [1.82, 2.24) is 9.21 Å². The van der Waals surface area contributed by atoms with Crippen LogP contribution in [0.1, 0.15) is 32.3 Å². The van der Waals surface area contributed by atoms with Crippen LogP contribution in [0.3, 0.4) is 0 Å². The lowest BCUT2D eigenvalue weighted by Gasteiger charge is -2.37. The van der Waals surface area contributed by atoms with Crippen LogP contribution in [0.2, 0.25) is 0 Å². The Balaban J connectivity index is 1.39. The second kappa shape index (κ2) is 8.88. The number of hydrogen-bond donors (Lipinski definition) is 0. The van der Waals surface area contributed by atoms with E-state index in [0.29, 0.717) is 18.0 Å². The maximum Gasteiger partial charge on any atom is 0.243 e. The Hall–Kier alpha value is -1.96. The lowest BCUT2D eigenvalue weighted by molar-refractivity contribution is 0.187. The number of benzene rings is 2. The van der Waals surface area contributed by atoms with Crippen molar-refractivity contribution >= 4 is 15.7 Å². The molecule has 7 heteroatoms. The predicted molar refractivity (Wildman–Crippen MR) is 122 cm³/mol. The number of anilines is 1. The van der Waals surface area contributed by atoms with Gasteiger partial charge in [-0.1, -0.05) is 26.0 Å². The van der Waals surface area contributed by atoms with Gasteiger partial charge in [-0.15, -0.1) is 0 Å². The largest absolute Gasteiger partial charge is 0.369 e. The molecule has 31 heavy (non-hydrogen) atoms. The van der Waals surface area contributed by atoms with Crippen LogP contribution in [0.4, 0.5) is 10.1 Å². The molecule has 5 nitrogen and oxygen atoms in total. The Labute approximate surface area is 185 Å². The Morgan fingerprint density at radius 3 is 2.35 bits per heavy atom. The van der Waals surface area contributed by atoms with Crippen molar-refractivity contribution in [2.24, 2.45) is 5.41 Å². The van der Waals surface area contributed by atoms with Gasteiger partial charge in [0.05, 0.1) is 4.90 Å². The zero-order chi connectivity index (χ0) is 22.1. The zero-order valence-electron chi connectivity index (χ0n) is 18.4. The SMILES string of the molecule is CC1(C)CCCN(S(=O)(=O)c2cccc(CN3CCN(c4ccc(F)cc4)CC3)c2)C1. The van der Waals surface area contributed by atoms with Gasteiger partial charge in [-0.2, -0.15) is 4.31 Å². The van der Waals surface area contributed by atoms with E-state index in [2.05, 4.69) is 23.6 Å². The van der Waals surface area contributed by atoms with Crippen LogP contribution in [-0.2, 0) is 16.6 Å². The number of nitrogens with zero attached hydrogens (tertiary/aromatic N) is 3. The first-order valence-corrected chi connectivity index (χ1v) is 12.5. The molecule has 0 spiro atoms. The van der Waals surface area contributed by atoms with Crippen molar-refractivity contribution < 1.29 is 12.8 Å². The number of hydrogen-bond acceptors (Lipinski definition) is 4. The van der Waals surface area contributed by atoms with E-state index in [1.165, 1.54) is 12.1 Å². The summed E-state index contributed by atoms with van der Waals surface area (Å²) < 4.78 is 41.3.